The van der Waals surface area contributed by atoms with E-state index in [-0.39, 0.29) is 5.02 Å². The van der Waals surface area contributed by atoms with Crippen molar-refractivity contribution in [3.05, 3.63) is 34.6 Å². The Morgan fingerprint density at radius 3 is 2.69 bits per heavy atom. The molecule has 3 N–H and O–H groups in total. The number of benzene rings is 1. The van der Waals surface area contributed by atoms with Crippen LogP contribution in [0.5, 0.6) is 0 Å². The number of halogens is 2. The zero-order chi connectivity index (χ0) is 12.3. The highest BCUT2D eigenvalue weighted by Gasteiger charge is 2.23. The van der Waals surface area contributed by atoms with Crippen LogP contribution in [0, 0.1) is 5.82 Å². The summed E-state index contributed by atoms with van der Waals surface area (Å²) < 4.78 is 12.9. The van der Waals surface area contributed by atoms with E-state index in [1.807, 2.05) is 0 Å². The minimum absolute atomic E-state index is 0.0659. The first-order valence-electron chi connectivity index (χ1n) is 4.82. The van der Waals surface area contributed by atoms with Crippen molar-refractivity contribution >= 4 is 17.5 Å². The second-order valence-electron chi connectivity index (χ2n) is 4.09. The second kappa shape index (κ2) is 4.80. The normalized spacial score (nSPS) is 11.5. The lowest BCUT2D eigenvalue weighted by molar-refractivity contribution is -0.123. The molecule has 1 aromatic carbocycles. The largest absolute Gasteiger partial charge is 0.368 e. The summed E-state index contributed by atoms with van der Waals surface area (Å²) in [7, 11) is 0. The Bertz CT molecular complexity index is 407. The topological polar surface area (TPSA) is 55.1 Å². The lowest BCUT2D eigenvalue weighted by Gasteiger charge is -2.22. The van der Waals surface area contributed by atoms with E-state index in [9.17, 15) is 9.18 Å². The Hall–Kier alpha value is -1.13. The molecule has 1 amide bonds. The molecule has 5 heteroatoms. The predicted molar refractivity (Wildman–Crippen MR) is 61.5 cm³/mol. The van der Waals surface area contributed by atoms with Gasteiger partial charge in [0.2, 0.25) is 5.91 Å². The molecule has 0 atom stereocenters. The number of amides is 1. The Labute approximate surface area is 98.8 Å². The van der Waals surface area contributed by atoms with E-state index in [1.165, 1.54) is 12.1 Å². The van der Waals surface area contributed by atoms with Crippen LogP contribution in [0.1, 0.15) is 19.4 Å². The molecular formula is C11H14ClFN2O. The van der Waals surface area contributed by atoms with Gasteiger partial charge < -0.3 is 5.73 Å². The SMILES string of the molecule is CC(C)(NCc1ccc(F)c(Cl)c1)C(N)=O. The molecule has 1 aromatic rings. The summed E-state index contributed by atoms with van der Waals surface area (Å²) in [5.74, 6) is -0.903. The Morgan fingerprint density at radius 1 is 1.56 bits per heavy atom. The molecule has 0 saturated heterocycles. The Morgan fingerprint density at radius 2 is 2.19 bits per heavy atom. The number of primary amides is 1. The molecule has 0 aliphatic heterocycles. The van der Waals surface area contributed by atoms with E-state index in [2.05, 4.69) is 5.32 Å². The number of nitrogens with two attached hydrogens (primary N) is 1. The summed E-state index contributed by atoms with van der Waals surface area (Å²) in [6.45, 7) is 3.76. The molecule has 0 spiro atoms. The van der Waals surface area contributed by atoms with Gasteiger partial charge in [0.05, 0.1) is 10.6 Å². The van der Waals surface area contributed by atoms with Crippen molar-refractivity contribution in [1.29, 1.82) is 0 Å². The highest BCUT2D eigenvalue weighted by atomic mass is 35.5. The average molecular weight is 245 g/mol. The molecule has 0 aliphatic carbocycles. The standard InChI is InChI=1S/C11H14ClFN2O/c1-11(2,10(14)16)15-6-7-3-4-9(13)8(12)5-7/h3-5,15H,6H2,1-2H3,(H2,14,16). The number of hydrogen-bond acceptors (Lipinski definition) is 2. The van der Waals surface area contributed by atoms with Crippen LogP contribution in [0.15, 0.2) is 18.2 Å². The molecule has 0 aromatic heterocycles. The fourth-order valence-corrected chi connectivity index (χ4v) is 1.26. The van der Waals surface area contributed by atoms with Gasteiger partial charge >= 0.3 is 0 Å². The van der Waals surface area contributed by atoms with Crippen molar-refractivity contribution in [3.8, 4) is 0 Å². The molecule has 0 fully saturated rings. The third-order valence-electron chi connectivity index (χ3n) is 2.33. The van der Waals surface area contributed by atoms with Crippen LogP contribution in [0.25, 0.3) is 0 Å². The van der Waals surface area contributed by atoms with Crippen LogP contribution in [0.4, 0.5) is 4.39 Å². The zero-order valence-electron chi connectivity index (χ0n) is 9.18. The molecule has 0 unspecified atom stereocenters. The molecular weight excluding hydrogens is 231 g/mol. The van der Waals surface area contributed by atoms with Crippen LogP contribution >= 0.6 is 11.6 Å². The summed E-state index contributed by atoms with van der Waals surface area (Å²) in [4.78, 5) is 11.0. The molecule has 0 radical (unpaired) electrons. The fraction of sp³-hybridized carbons (Fsp3) is 0.364. The average Bonchev–Trinajstić information content (AvgIpc) is 2.20. The van der Waals surface area contributed by atoms with Crippen LogP contribution in [-0.4, -0.2) is 11.4 Å². The van der Waals surface area contributed by atoms with E-state index < -0.39 is 17.3 Å². The van der Waals surface area contributed by atoms with E-state index in [0.717, 1.165) is 5.56 Å². The molecule has 1 rings (SSSR count). The molecule has 3 nitrogen and oxygen atoms in total. The molecule has 0 heterocycles. The van der Waals surface area contributed by atoms with Gasteiger partial charge in [-0.2, -0.15) is 0 Å². The van der Waals surface area contributed by atoms with Gasteiger partial charge in [0.25, 0.3) is 0 Å². The highest BCUT2D eigenvalue weighted by Crippen LogP contribution is 2.16. The lowest BCUT2D eigenvalue weighted by atomic mass is 10.0. The molecule has 0 bridgehead atoms. The van der Waals surface area contributed by atoms with Crippen LogP contribution in [0.3, 0.4) is 0 Å². The first kappa shape index (κ1) is 12.9. The molecule has 88 valence electrons. The van der Waals surface area contributed by atoms with Crippen LogP contribution in [-0.2, 0) is 11.3 Å². The van der Waals surface area contributed by atoms with Crippen molar-refractivity contribution in [2.24, 2.45) is 5.73 Å². The van der Waals surface area contributed by atoms with Crippen LogP contribution < -0.4 is 11.1 Å². The molecule has 0 aliphatic rings. The highest BCUT2D eigenvalue weighted by molar-refractivity contribution is 6.30. The van der Waals surface area contributed by atoms with E-state index in [0.29, 0.717) is 6.54 Å². The van der Waals surface area contributed by atoms with Crippen molar-refractivity contribution in [2.45, 2.75) is 25.9 Å². The third kappa shape index (κ3) is 3.18. The number of carbonyl (C=O) groups excluding carboxylic acids is 1. The maximum absolute atomic E-state index is 12.9. The van der Waals surface area contributed by atoms with Gasteiger partial charge in [0.1, 0.15) is 5.82 Å². The number of rotatable bonds is 4. The molecule has 16 heavy (non-hydrogen) atoms. The van der Waals surface area contributed by atoms with Crippen molar-refractivity contribution in [1.82, 2.24) is 5.32 Å². The van der Waals surface area contributed by atoms with Crippen molar-refractivity contribution in [2.75, 3.05) is 0 Å². The Kier molecular flexibility index (Phi) is 3.88. The van der Waals surface area contributed by atoms with Gasteiger partial charge in [-0.3, -0.25) is 10.1 Å². The van der Waals surface area contributed by atoms with Crippen molar-refractivity contribution < 1.29 is 9.18 Å². The van der Waals surface area contributed by atoms with Gasteiger partial charge in [0, 0.05) is 6.54 Å². The fourth-order valence-electron chi connectivity index (χ4n) is 1.06. The maximum atomic E-state index is 12.9. The minimum atomic E-state index is -0.805. The molecule has 0 saturated carbocycles. The van der Waals surface area contributed by atoms with Gasteiger partial charge in [-0.1, -0.05) is 17.7 Å². The monoisotopic (exact) mass is 244 g/mol. The zero-order valence-corrected chi connectivity index (χ0v) is 9.94. The van der Waals surface area contributed by atoms with E-state index in [4.69, 9.17) is 17.3 Å². The van der Waals surface area contributed by atoms with Crippen molar-refractivity contribution in [3.63, 3.8) is 0 Å². The Balaban J connectivity index is 2.68. The van der Waals surface area contributed by atoms with Gasteiger partial charge in [-0.25, -0.2) is 4.39 Å². The number of nitrogens with one attached hydrogen (secondary N) is 1. The first-order valence-corrected chi connectivity index (χ1v) is 5.19. The summed E-state index contributed by atoms with van der Waals surface area (Å²) in [5.41, 5.74) is 5.19. The first-order chi connectivity index (χ1) is 7.33. The summed E-state index contributed by atoms with van der Waals surface area (Å²) in [5, 5.41) is 3.03. The maximum Gasteiger partial charge on any atom is 0.237 e. The van der Waals surface area contributed by atoms with Gasteiger partial charge in [-0.05, 0) is 31.5 Å². The third-order valence-corrected chi connectivity index (χ3v) is 2.62. The predicted octanol–water partition coefficient (Wildman–Crippen LogP) is 1.83. The summed E-state index contributed by atoms with van der Waals surface area (Å²) >= 11 is 5.63. The number of hydrogen-bond donors (Lipinski definition) is 2. The number of carbonyl (C=O) groups is 1. The smallest absolute Gasteiger partial charge is 0.237 e. The summed E-state index contributed by atoms with van der Waals surface area (Å²) in [6, 6.07) is 4.41. The van der Waals surface area contributed by atoms with Gasteiger partial charge in [0.15, 0.2) is 0 Å². The van der Waals surface area contributed by atoms with E-state index >= 15 is 0 Å². The van der Waals surface area contributed by atoms with E-state index in [1.54, 1.807) is 19.9 Å². The van der Waals surface area contributed by atoms with Gasteiger partial charge in [-0.15, -0.1) is 0 Å². The quantitative estimate of drug-likeness (QED) is 0.849. The lowest BCUT2D eigenvalue weighted by Crippen LogP contribution is -2.50. The second-order valence-corrected chi connectivity index (χ2v) is 4.50. The minimum Gasteiger partial charge on any atom is -0.368 e. The van der Waals surface area contributed by atoms with Crippen LogP contribution in [0.2, 0.25) is 5.02 Å². The summed E-state index contributed by atoms with van der Waals surface area (Å²) in [6.07, 6.45) is 0.